The summed E-state index contributed by atoms with van der Waals surface area (Å²) in [5.41, 5.74) is 3.81. The van der Waals surface area contributed by atoms with Gasteiger partial charge in [-0.1, -0.05) is 54.6 Å². The second-order valence-electron chi connectivity index (χ2n) is 6.13. The van der Waals surface area contributed by atoms with Crippen LogP contribution in [0.1, 0.15) is 29.2 Å². The van der Waals surface area contributed by atoms with Gasteiger partial charge in [0, 0.05) is 32.7 Å². The van der Waals surface area contributed by atoms with E-state index in [2.05, 4.69) is 59.9 Å². The van der Waals surface area contributed by atoms with E-state index in [-0.39, 0.29) is 6.10 Å². The molecule has 0 saturated carbocycles. The number of hydrogen-bond donors (Lipinski definition) is 1. The Morgan fingerprint density at radius 2 is 1.78 bits per heavy atom. The van der Waals surface area contributed by atoms with E-state index < -0.39 is 0 Å². The van der Waals surface area contributed by atoms with Crippen molar-refractivity contribution in [3.8, 4) is 0 Å². The lowest BCUT2D eigenvalue weighted by Gasteiger charge is -2.19. The molecular formula is C20H25NO2. The van der Waals surface area contributed by atoms with Crippen molar-refractivity contribution in [1.82, 2.24) is 5.32 Å². The molecule has 1 fully saturated rings. The first-order valence-corrected chi connectivity index (χ1v) is 8.31. The molecule has 1 saturated heterocycles. The van der Waals surface area contributed by atoms with Crippen molar-refractivity contribution in [2.75, 3.05) is 20.3 Å². The third kappa shape index (κ3) is 4.41. The van der Waals surface area contributed by atoms with E-state index in [0.29, 0.717) is 12.5 Å². The average Bonchev–Trinajstić information content (AvgIpc) is 3.06. The molecule has 0 amide bonds. The minimum atomic E-state index is 0.229. The maximum Gasteiger partial charge on any atom is 0.0866 e. The summed E-state index contributed by atoms with van der Waals surface area (Å²) in [7, 11) is 1.72. The van der Waals surface area contributed by atoms with E-state index in [1.54, 1.807) is 7.11 Å². The van der Waals surface area contributed by atoms with Crippen LogP contribution in [0.3, 0.4) is 0 Å². The topological polar surface area (TPSA) is 30.5 Å². The lowest BCUT2D eigenvalue weighted by atomic mass is 9.95. The highest BCUT2D eigenvalue weighted by atomic mass is 16.5. The van der Waals surface area contributed by atoms with E-state index >= 15 is 0 Å². The summed E-state index contributed by atoms with van der Waals surface area (Å²) < 4.78 is 11.1. The van der Waals surface area contributed by atoms with Crippen LogP contribution in [0.5, 0.6) is 0 Å². The Kier molecular flexibility index (Phi) is 5.81. The molecule has 2 atom stereocenters. The second kappa shape index (κ2) is 8.25. The molecule has 1 N–H and O–H groups in total. The van der Waals surface area contributed by atoms with Gasteiger partial charge in [0.25, 0.3) is 0 Å². The molecule has 3 heteroatoms. The normalized spacial score (nSPS) is 20.7. The number of nitrogens with one attached hydrogen (secondary N) is 1. The molecule has 0 radical (unpaired) electrons. The van der Waals surface area contributed by atoms with Gasteiger partial charge in [0.1, 0.15) is 0 Å². The van der Waals surface area contributed by atoms with Crippen molar-refractivity contribution in [3.63, 3.8) is 0 Å². The number of hydrogen-bond acceptors (Lipinski definition) is 3. The first-order chi connectivity index (χ1) is 11.4. The van der Waals surface area contributed by atoms with Gasteiger partial charge in [0.15, 0.2) is 0 Å². The van der Waals surface area contributed by atoms with Gasteiger partial charge in [0.05, 0.1) is 12.7 Å². The van der Waals surface area contributed by atoms with Crippen LogP contribution in [0.4, 0.5) is 0 Å². The molecular weight excluding hydrogens is 286 g/mol. The van der Waals surface area contributed by atoms with Crippen molar-refractivity contribution in [1.29, 1.82) is 0 Å². The number of methoxy groups -OCH3 is 1. The first-order valence-electron chi connectivity index (χ1n) is 8.31. The SMILES string of the molecule is COCc1ccc(CNC[C@H]2CCO[C@@H]2c2ccccc2)cc1. The zero-order valence-electron chi connectivity index (χ0n) is 13.7. The quantitative estimate of drug-likeness (QED) is 0.846. The minimum absolute atomic E-state index is 0.229. The molecule has 1 heterocycles. The molecule has 1 aliphatic rings. The lowest BCUT2D eigenvalue weighted by molar-refractivity contribution is 0.0904. The van der Waals surface area contributed by atoms with Gasteiger partial charge >= 0.3 is 0 Å². The summed E-state index contributed by atoms with van der Waals surface area (Å²) >= 11 is 0. The molecule has 122 valence electrons. The Labute approximate surface area is 138 Å². The van der Waals surface area contributed by atoms with E-state index in [0.717, 1.165) is 26.1 Å². The van der Waals surface area contributed by atoms with Crippen LogP contribution in [-0.2, 0) is 22.6 Å². The van der Waals surface area contributed by atoms with Gasteiger partial charge in [0.2, 0.25) is 0 Å². The van der Waals surface area contributed by atoms with E-state index in [4.69, 9.17) is 9.47 Å². The molecule has 2 aromatic carbocycles. The van der Waals surface area contributed by atoms with Crippen LogP contribution in [0.25, 0.3) is 0 Å². The zero-order valence-corrected chi connectivity index (χ0v) is 13.7. The minimum Gasteiger partial charge on any atom is -0.380 e. The van der Waals surface area contributed by atoms with E-state index in [1.807, 2.05) is 0 Å². The van der Waals surface area contributed by atoms with Crippen LogP contribution in [-0.4, -0.2) is 20.3 Å². The Balaban J connectivity index is 1.50. The average molecular weight is 311 g/mol. The van der Waals surface area contributed by atoms with Crippen molar-refractivity contribution in [3.05, 3.63) is 71.3 Å². The van der Waals surface area contributed by atoms with Crippen LogP contribution in [0.2, 0.25) is 0 Å². The van der Waals surface area contributed by atoms with Crippen molar-refractivity contribution in [2.24, 2.45) is 5.92 Å². The molecule has 0 aromatic heterocycles. The Morgan fingerprint density at radius 3 is 2.52 bits per heavy atom. The van der Waals surface area contributed by atoms with Crippen LogP contribution in [0.15, 0.2) is 54.6 Å². The standard InChI is InChI=1S/C20H25NO2/c1-22-15-17-9-7-16(8-10-17)13-21-14-19-11-12-23-20(19)18-5-3-2-4-6-18/h2-10,19-21H,11-15H2,1H3/t19-,20-/m1/s1. The molecule has 0 aliphatic carbocycles. The molecule has 3 nitrogen and oxygen atoms in total. The zero-order chi connectivity index (χ0) is 15.9. The molecule has 3 rings (SSSR count). The largest absolute Gasteiger partial charge is 0.380 e. The highest BCUT2D eigenvalue weighted by Crippen LogP contribution is 2.33. The van der Waals surface area contributed by atoms with Gasteiger partial charge in [-0.15, -0.1) is 0 Å². The fraction of sp³-hybridized carbons (Fsp3) is 0.400. The van der Waals surface area contributed by atoms with Crippen LogP contribution < -0.4 is 5.32 Å². The predicted molar refractivity (Wildman–Crippen MR) is 92.1 cm³/mol. The Bertz CT molecular complexity index is 582. The number of rotatable bonds is 7. The van der Waals surface area contributed by atoms with Crippen LogP contribution >= 0.6 is 0 Å². The fourth-order valence-electron chi connectivity index (χ4n) is 3.18. The summed E-state index contributed by atoms with van der Waals surface area (Å²) in [6, 6.07) is 19.2. The lowest BCUT2D eigenvalue weighted by Crippen LogP contribution is -2.24. The number of ether oxygens (including phenoxy) is 2. The van der Waals surface area contributed by atoms with E-state index in [9.17, 15) is 0 Å². The summed E-state index contributed by atoms with van der Waals surface area (Å²) in [5, 5.41) is 3.58. The summed E-state index contributed by atoms with van der Waals surface area (Å²) in [6.07, 6.45) is 1.35. The van der Waals surface area contributed by atoms with Gasteiger partial charge in [-0.05, 0) is 23.1 Å². The van der Waals surface area contributed by atoms with E-state index in [1.165, 1.54) is 16.7 Å². The van der Waals surface area contributed by atoms with Crippen LogP contribution in [0, 0.1) is 5.92 Å². The Morgan fingerprint density at radius 1 is 1.04 bits per heavy atom. The first kappa shape index (κ1) is 16.2. The summed E-state index contributed by atoms with van der Waals surface area (Å²) in [6.45, 7) is 3.41. The maximum atomic E-state index is 5.94. The fourth-order valence-corrected chi connectivity index (χ4v) is 3.18. The van der Waals surface area contributed by atoms with Crippen molar-refractivity contribution >= 4 is 0 Å². The Hall–Kier alpha value is -1.68. The predicted octanol–water partition coefficient (Wildman–Crippen LogP) is 3.70. The monoisotopic (exact) mass is 311 g/mol. The van der Waals surface area contributed by atoms with Gasteiger partial charge in [-0.2, -0.15) is 0 Å². The molecule has 0 unspecified atom stereocenters. The van der Waals surface area contributed by atoms with Crippen molar-refractivity contribution < 1.29 is 9.47 Å². The van der Waals surface area contributed by atoms with Gasteiger partial charge in [-0.25, -0.2) is 0 Å². The molecule has 23 heavy (non-hydrogen) atoms. The van der Waals surface area contributed by atoms with Gasteiger partial charge in [-0.3, -0.25) is 0 Å². The second-order valence-corrected chi connectivity index (χ2v) is 6.13. The summed E-state index contributed by atoms with van der Waals surface area (Å²) in [4.78, 5) is 0. The third-order valence-corrected chi connectivity index (χ3v) is 4.41. The third-order valence-electron chi connectivity index (χ3n) is 4.41. The highest BCUT2D eigenvalue weighted by molar-refractivity contribution is 5.22. The number of benzene rings is 2. The molecule has 0 spiro atoms. The highest BCUT2D eigenvalue weighted by Gasteiger charge is 2.28. The summed E-state index contributed by atoms with van der Waals surface area (Å²) in [5.74, 6) is 0.546. The van der Waals surface area contributed by atoms with Crippen molar-refractivity contribution in [2.45, 2.75) is 25.7 Å². The molecule has 2 aromatic rings. The molecule has 1 aliphatic heterocycles. The maximum absolute atomic E-state index is 5.94. The smallest absolute Gasteiger partial charge is 0.0866 e. The molecule has 0 bridgehead atoms. The van der Waals surface area contributed by atoms with Gasteiger partial charge < -0.3 is 14.8 Å².